The predicted octanol–water partition coefficient (Wildman–Crippen LogP) is 7.25. The van der Waals surface area contributed by atoms with Crippen LogP contribution in [-0.2, 0) is 14.3 Å². The topological polar surface area (TPSA) is 134 Å². The lowest BCUT2D eigenvalue weighted by atomic mass is 9.60. The number of anilines is 4. The second-order valence-electron chi connectivity index (χ2n) is 20.7. The molecule has 3 amide bonds. The van der Waals surface area contributed by atoms with Gasteiger partial charge in [0.15, 0.2) is 6.79 Å². The van der Waals surface area contributed by atoms with Crippen LogP contribution in [0, 0.1) is 31.0 Å². The van der Waals surface area contributed by atoms with Crippen LogP contribution in [0.15, 0.2) is 67.0 Å². The van der Waals surface area contributed by atoms with E-state index in [1.165, 1.54) is 12.8 Å². The predicted molar refractivity (Wildman–Crippen MR) is 258 cm³/mol. The highest BCUT2D eigenvalue weighted by atomic mass is 19.1. The van der Waals surface area contributed by atoms with Gasteiger partial charge in [0.25, 0.3) is 0 Å². The van der Waals surface area contributed by atoms with E-state index in [2.05, 4.69) is 64.9 Å². The number of likely N-dealkylation sites (tertiary alicyclic amines) is 1. The molecular formula is C52H61FN10O5. The number of ether oxygens (including phenoxy) is 3. The lowest BCUT2D eigenvalue weighted by Gasteiger charge is -2.53. The van der Waals surface area contributed by atoms with Crippen molar-refractivity contribution < 1.29 is 28.2 Å². The summed E-state index contributed by atoms with van der Waals surface area (Å²) in [5.74, 6) is 0.713. The summed E-state index contributed by atoms with van der Waals surface area (Å²) >= 11 is 0. The Balaban J connectivity index is 0.636. The van der Waals surface area contributed by atoms with E-state index in [1.807, 2.05) is 43.3 Å². The van der Waals surface area contributed by atoms with E-state index in [-0.39, 0.29) is 36.8 Å². The van der Waals surface area contributed by atoms with Crippen LogP contribution in [0.25, 0.3) is 22.3 Å². The van der Waals surface area contributed by atoms with Crippen molar-refractivity contribution in [3.63, 3.8) is 0 Å². The van der Waals surface area contributed by atoms with Gasteiger partial charge in [-0.3, -0.25) is 15.0 Å². The fourth-order valence-electron chi connectivity index (χ4n) is 13.0. The summed E-state index contributed by atoms with van der Waals surface area (Å²) in [4.78, 5) is 40.5. The van der Waals surface area contributed by atoms with Crippen molar-refractivity contribution in [2.45, 2.75) is 95.5 Å². The van der Waals surface area contributed by atoms with Crippen LogP contribution in [-0.4, -0.2) is 127 Å². The largest absolute Gasteiger partial charge is 0.467 e. The highest BCUT2D eigenvalue weighted by Gasteiger charge is 2.49. The summed E-state index contributed by atoms with van der Waals surface area (Å²) in [5.41, 5.74) is 8.65. The Morgan fingerprint density at radius 2 is 1.68 bits per heavy atom. The van der Waals surface area contributed by atoms with Gasteiger partial charge < -0.3 is 38.4 Å². The summed E-state index contributed by atoms with van der Waals surface area (Å²) < 4.78 is 35.9. The summed E-state index contributed by atoms with van der Waals surface area (Å²) in [5, 5.41) is 12.6. The van der Waals surface area contributed by atoms with Crippen LogP contribution in [0.4, 0.5) is 31.9 Å². The van der Waals surface area contributed by atoms with Crippen LogP contribution in [0.1, 0.15) is 68.7 Å². The van der Waals surface area contributed by atoms with E-state index in [9.17, 15) is 9.59 Å². The summed E-state index contributed by atoms with van der Waals surface area (Å²) in [7, 11) is 1.61. The number of carbonyl (C=O) groups excluding carboxylic acids is 2. The first-order valence-corrected chi connectivity index (χ1v) is 24.7. The SMILES string of the molecule is COCOc1ccccc1-c1cc(N2CC3CCC(C2)N3c2ccc(F)c(N3C[C@H]4CC(CN5CCC6(CC5)CC(n5cc(C)c7cc(N8CCC(=O)NC8=O)cnc75)C6)O[C@H]4C3)c2)c(C)nn1. The number of aryl methyl sites for hydroxylation is 2. The molecule has 6 aliphatic heterocycles. The minimum atomic E-state index is -0.386. The molecule has 16 heteroatoms. The minimum absolute atomic E-state index is 0.123. The summed E-state index contributed by atoms with van der Waals surface area (Å²) in [6, 6.07) is 18.4. The number of methoxy groups -OCH3 is 1. The Kier molecular flexibility index (Phi) is 11.0. The number of nitrogens with zero attached hydrogens (tertiary/aromatic N) is 9. The Hall–Kier alpha value is -5.84. The molecule has 3 unspecified atom stereocenters. The molecule has 1 aliphatic carbocycles. The first kappa shape index (κ1) is 43.4. The van der Waals surface area contributed by atoms with E-state index in [0.29, 0.717) is 53.9 Å². The molecule has 9 heterocycles. The van der Waals surface area contributed by atoms with Gasteiger partial charge in [0.2, 0.25) is 5.91 Å². The van der Waals surface area contributed by atoms with Gasteiger partial charge in [0.1, 0.15) is 17.2 Å². The lowest BCUT2D eigenvalue weighted by molar-refractivity contribution is -0.120. The Morgan fingerprint density at radius 1 is 0.882 bits per heavy atom. The molecule has 6 saturated heterocycles. The maximum absolute atomic E-state index is 15.8. The number of nitrogens with one attached hydrogen (secondary N) is 1. The number of piperidine rings is 1. The number of piperazine rings is 1. The molecule has 68 heavy (non-hydrogen) atoms. The molecule has 0 radical (unpaired) electrons. The van der Waals surface area contributed by atoms with Crippen molar-refractivity contribution in [3.8, 4) is 17.0 Å². The zero-order valence-corrected chi connectivity index (χ0v) is 39.3. The van der Waals surface area contributed by atoms with Crippen LogP contribution < -0.4 is 29.7 Å². The standard InChI is InChI=1S/C52H61FN10O5/c1-32-25-62(50-42(32)19-38(24-54-50)61-15-12-49(64)55-51(61)65)39-22-52(23-39)13-16-58(17-14-52)29-40-18-34-26-59(30-48(34)68-40)46-20-35(10-11-43(46)53)63-36-8-9-37(63)28-60(27-36)45-21-44(57-56-33(45)2)41-6-4-5-7-47(41)67-31-66-3/h4-7,10-11,19-21,24-25,34,36-37,39-40,48H,8-9,12-18,22-23,26-31H2,1-3H3,(H,55,64,65)/t34-,36?,37?,40?,48+/m1/s1. The first-order chi connectivity index (χ1) is 33.1. The second kappa shape index (κ2) is 17.3. The molecule has 356 valence electrons. The highest BCUT2D eigenvalue weighted by Crippen LogP contribution is 2.56. The first-order valence-electron chi connectivity index (χ1n) is 24.7. The van der Waals surface area contributed by atoms with Crippen LogP contribution in [0.5, 0.6) is 5.75 Å². The maximum atomic E-state index is 15.8. The van der Waals surface area contributed by atoms with E-state index < -0.39 is 0 Å². The molecule has 5 atom stereocenters. The minimum Gasteiger partial charge on any atom is -0.467 e. The third kappa shape index (κ3) is 7.81. The van der Waals surface area contributed by atoms with Crippen LogP contribution >= 0.6 is 0 Å². The van der Waals surface area contributed by atoms with E-state index in [0.717, 1.165) is 129 Å². The Labute approximate surface area is 396 Å². The van der Waals surface area contributed by atoms with Gasteiger partial charge in [-0.25, -0.2) is 14.2 Å². The number of para-hydroxylation sites is 1. The molecule has 7 aliphatic rings. The highest BCUT2D eigenvalue weighted by molar-refractivity contribution is 6.06. The fourth-order valence-corrected chi connectivity index (χ4v) is 13.0. The number of imide groups is 1. The van der Waals surface area contributed by atoms with Crippen LogP contribution in [0.3, 0.4) is 0 Å². The number of amides is 3. The number of hydrogen-bond acceptors (Lipinski definition) is 12. The average Bonchev–Trinajstić information content (AvgIpc) is 4.07. The smallest absolute Gasteiger partial charge is 0.328 e. The lowest BCUT2D eigenvalue weighted by Crippen LogP contribution is -2.54. The van der Waals surface area contributed by atoms with Gasteiger partial charge in [-0.1, -0.05) is 12.1 Å². The normalized spacial score (nSPS) is 26.0. The average molecular weight is 925 g/mol. The third-order valence-electron chi connectivity index (χ3n) is 16.5. The zero-order valence-electron chi connectivity index (χ0n) is 39.3. The fraction of sp³-hybridized carbons (Fsp3) is 0.519. The van der Waals surface area contributed by atoms with E-state index in [4.69, 9.17) is 19.2 Å². The van der Waals surface area contributed by atoms with Gasteiger partial charge in [-0.15, -0.1) is 5.10 Å². The molecular weight excluding hydrogens is 864 g/mol. The van der Waals surface area contributed by atoms with E-state index in [1.54, 1.807) is 24.3 Å². The number of aromatic nitrogens is 4. The number of urea groups is 1. The quantitative estimate of drug-likeness (QED) is 0.134. The number of pyridine rings is 1. The van der Waals surface area contributed by atoms with Crippen molar-refractivity contribution in [3.05, 3.63) is 84.1 Å². The van der Waals surface area contributed by atoms with Crippen LogP contribution in [0.2, 0.25) is 0 Å². The third-order valence-corrected chi connectivity index (χ3v) is 16.5. The summed E-state index contributed by atoms with van der Waals surface area (Å²) in [6.45, 7) is 11.1. The van der Waals surface area contributed by atoms with E-state index >= 15 is 4.39 Å². The molecule has 5 aromatic rings. The van der Waals surface area contributed by atoms with Crippen molar-refractivity contribution >= 4 is 45.7 Å². The van der Waals surface area contributed by atoms with Crippen molar-refractivity contribution in [2.24, 2.45) is 11.3 Å². The monoisotopic (exact) mass is 924 g/mol. The Morgan fingerprint density at radius 3 is 2.46 bits per heavy atom. The Bertz CT molecular complexity index is 2720. The molecule has 1 spiro atoms. The number of hydrogen-bond donors (Lipinski definition) is 1. The molecule has 1 N–H and O–H groups in total. The molecule has 1 saturated carbocycles. The number of halogens is 1. The molecule has 7 fully saturated rings. The van der Waals surface area contributed by atoms with Gasteiger partial charge in [0, 0.05) is 99.7 Å². The zero-order chi connectivity index (χ0) is 46.3. The van der Waals surface area contributed by atoms with Gasteiger partial charge in [-0.2, -0.15) is 5.10 Å². The molecule has 2 aromatic carbocycles. The molecule has 15 nitrogen and oxygen atoms in total. The number of fused-ring (bicyclic) bond motifs is 4. The van der Waals surface area contributed by atoms with Gasteiger partial charge in [-0.05, 0) is 125 Å². The molecule has 3 aromatic heterocycles. The number of carbonyl (C=O) groups is 2. The van der Waals surface area contributed by atoms with Gasteiger partial charge >= 0.3 is 6.03 Å². The second-order valence-corrected chi connectivity index (χ2v) is 20.7. The maximum Gasteiger partial charge on any atom is 0.328 e. The molecule has 12 rings (SSSR count). The van der Waals surface area contributed by atoms with Gasteiger partial charge in [0.05, 0.1) is 46.9 Å². The van der Waals surface area contributed by atoms with Crippen molar-refractivity contribution in [1.29, 1.82) is 0 Å². The van der Waals surface area contributed by atoms with Crippen molar-refractivity contribution in [1.82, 2.24) is 30.0 Å². The number of rotatable bonds is 11. The number of benzene rings is 2. The molecule has 2 bridgehead atoms. The summed E-state index contributed by atoms with van der Waals surface area (Å²) in [6.07, 6.45) is 12.5. The van der Waals surface area contributed by atoms with Crippen molar-refractivity contribution in [2.75, 3.05) is 85.9 Å².